The second kappa shape index (κ2) is 3.94. The number of fused-ring (bicyclic) bond motifs is 1. The quantitative estimate of drug-likeness (QED) is 0.640. The van der Waals surface area contributed by atoms with Crippen LogP contribution in [0, 0.1) is 11.3 Å². The SMILES string of the molecule is CC(C)(C)c1ccc2c(c1)C(C#N)CCC2. The van der Waals surface area contributed by atoms with Crippen LogP contribution in [0.1, 0.15) is 56.2 Å². The van der Waals surface area contributed by atoms with Gasteiger partial charge in [0.25, 0.3) is 0 Å². The van der Waals surface area contributed by atoms with Crippen LogP contribution in [-0.2, 0) is 11.8 Å². The zero-order valence-electron chi connectivity index (χ0n) is 10.4. The molecule has 0 heterocycles. The van der Waals surface area contributed by atoms with Gasteiger partial charge in [-0.3, -0.25) is 0 Å². The lowest BCUT2D eigenvalue weighted by atomic mass is 9.78. The number of nitrogens with zero attached hydrogens (tertiary/aromatic N) is 1. The van der Waals surface area contributed by atoms with E-state index in [9.17, 15) is 5.26 Å². The van der Waals surface area contributed by atoms with Crippen molar-refractivity contribution in [2.24, 2.45) is 0 Å². The van der Waals surface area contributed by atoms with Crippen LogP contribution in [0.4, 0.5) is 0 Å². The second-order valence-corrected chi connectivity index (χ2v) is 5.74. The van der Waals surface area contributed by atoms with Crippen molar-refractivity contribution in [3.63, 3.8) is 0 Å². The number of hydrogen-bond acceptors (Lipinski definition) is 1. The van der Waals surface area contributed by atoms with E-state index in [0.717, 1.165) is 19.3 Å². The molecule has 84 valence electrons. The molecule has 0 fully saturated rings. The van der Waals surface area contributed by atoms with Gasteiger partial charge in [-0.05, 0) is 41.4 Å². The minimum atomic E-state index is 0.117. The molecular weight excluding hydrogens is 194 g/mol. The van der Waals surface area contributed by atoms with Crippen LogP contribution in [0.3, 0.4) is 0 Å². The third kappa shape index (κ3) is 1.97. The van der Waals surface area contributed by atoms with Gasteiger partial charge in [0.15, 0.2) is 0 Å². The molecule has 0 saturated carbocycles. The monoisotopic (exact) mass is 213 g/mol. The maximum Gasteiger partial charge on any atom is 0.0715 e. The van der Waals surface area contributed by atoms with Crippen LogP contribution >= 0.6 is 0 Å². The molecule has 16 heavy (non-hydrogen) atoms. The van der Waals surface area contributed by atoms with E-state index in [1.165, 1.54) is 16.7 Å². The minimum absolute atomic E-state index is 0.117. The lowest BCUT2D eigenvalue weighted by molar-refractivity contribution is 0.581. The second-order valence-electron chi connectivity index (χ2n) is 5.74. The van der Waals surface area contributed by atoms with Crippen molar-refractivity contribution in [1.82, 2.24) is 0 Å². The first-order valence-corrected chi connectivity index (χ1v) is 6.05. The number of hydrogen-bond donors (Lipinski definition) is 0. The van der Waals surface area contributed by atoms with Gasteiger partial charge in [-0.15, -0.1) is 0 Å². The van der Waals surface area contributed by atoms with Gasteiger partial charge in [-0.25, -0.2) is 0 Å². The van der Waals surface area contributed by atoms with E-state index in [1.54, 1.807) is 0 Å². The van der Waals surface area contributed by atoms with Crippen molar-refractivity contribution in [3.8, 4) is 6.07 Å². The third-order valence-electron chi connectivity index (χ3n) is 3.48. The lowest BCUT2D eigenvalue weighted by Gasteiger charge is -2.25. The summed E-state index contributed by atoms with van der Waals surface area (Å²) in [4.78, 5) is 0. The molecule has 0 aromatic heterocycles. The molecule has 0 aliphatic heterocycles. The van der Waals surface area contributed by atoms with Gasteiger partial charge in [-0.1, -0.05) is 39.0 Å². The average Bonchev–Trinajstić information content (AvgIpc) is 2.26. The van der Waals surface area contributed by atoms with Gasteiger partial charge in [0.05, 0.1) is 12.0 Å². The summed E-state index contributed by atoms with van der Waals surface area (Å²) in [6, 6.07) is 9.13. The minimum Gasteiger partial charge on any atom is -0.198 e. The maximum atomic E-state index is 9.18. The van der Waals surface area contributed by atoms with Crippen molar-refractivity contribution >= 4 is 0 Å². The van der Waals surface area contributed by atoms with E-state index in [1.807, 2.05) is 0 Å². The highest BCUT2D eigenvalue weighted by molar-refractivity contribution is 5.41. The fourth-order valence-corrected chi connectivity index (χ4v) is 2.40. The van der Waals surface area contributed by atoms with Crippen molar-refractivity contribution in [1.29, 1.82) is 5.26 Å². The predicted molar refractivity (Wildman–Crippen MR) is 66.4 cm³/mol. The van der Waals surface area contributed by atoms with Gasteiger partial charge in [0.2, 0.25) is 0 Å². The van der Waals surface area contributed by atoms with Crippen molar-refractivity contribution in [3.05, 3.63) is 34.9 Å². The molecule has 0 saturated heterocycles. The summed E-state index contributed by atoms with van der Waals surface area (Å²) in [5.74, 6) is 0.117. The first kappa shape index (κ1) is 11.2. The molecule has 1 nitrogen and oxygen atoms in total. The van der Waals surface area contributed by atoms with Crippen molar-refractivity contribution in [2.45, 2.75) is 51.4 Å². The molecule has 0 amide bonds. The topological polar surface area (TPSA) is 23.8 Å². The largest absolute Gasteiger partial charge is 0.198 e. The molecule has 0 bridgehead atoms. The highest BCUT2D eigenvalue weighted by Gasteiger charge is 2.22. The maximum absolute atomic E-state index is 9.18. The van der Waals surface area contributed by atoms with Crippen molar-refractivity contribution in [2.75, 3.05) is 0 Å². The Kier molecular flexibility index (Phi) is 2.76. The number of rotatable bonds is 0. The number of nitriles is 1. The molecule has 1 aromatic carbocycles. The van der Waals surface area contributed by atoms with Gasteiger partial charge in [-0.2, -0.15) is 5.26 Å². The van der Waals surface area contributed by atoms with E-state index >= 15 is 0 Å². The number of benzene rings is 1. The Labute approximate surface area is 98.1 Å². The summed E-state index contributed by atoms with van der Waals surface area (Å²) in [7, 11) is 0. The Morgan fingerprint density at radius 3 is 2.69 bits per heavy atom. The molecule has 1 unspecified atom stereocenters. The fraction of sp³-hybridized carbons (Fsp3) is 0.533. The van der Waals surface area contributed by atoms with Crippen LogP contribution in [0.25, 0.3) is 0 Å². The summed E-state index contributed by atoms with van der Waals surface area (Å²) in [5.41, 5.74) is 4.17. The van der Waals surface area contributed by atoms with Crippen LogP contribution in [-0.4, -0.2) is 0 Å². The van der Waals surface area contributed by atoms with Crippen molar-refractivity contribution < 1.29 is 0 Å². The first-order chi connectivity index (χ1) is 7.52. The molecule has 0 N–H and O–H groups in total. The summed E-state index contributed by atoms with van der Waals surface area (Å²) in [6.07, 6.45) is 3.31. The Bertz CT molecular complexity index is 432. The zero-order chi connectivity index (χ0) is 11.8. The van der Waals surface area contributed by atoms with E-state index in [0.29, 0.717) is 0 Å². The van der Waals surface area contributed by atoms with Crippen LogP contribution in [0.5, 0.6) is 0 Å². The fourth-order valence-electron chi connectivity index (χ4n) is 2.40. The van der Waals surface area contributed by atoms with Gasteiger partial charge in [0, 0.05) is 0 Å². The van der Waals surface area contributed by atoms with Crippen LogP contribution < -0.4 is 0 Å². The summed E-state index contributed by atoms with van der Waals surface area (Å²) < 4.78 is 0. The molecular formula is C15H19N. The molecule has 1 aliphatic carbocycles. The van der Waals surface area contributed by atoms with Crippen LogP contribution in [0.2, 0.25) is 0 Å². The van der Waals surface area contributed by atoms with Gasteiger partial charge >= 0.3 is 0 Å². The van der Waals surface area contributed by atoms with Crippen LogP contribution in [0.15, 0.2) is 18.2 Å². The molecule has 1 aliphatic rings. The Hall–Kier alpha value is -1.29. The lowest BCUT2D eigenvalue weighted by Crippen LogP contribution is -2.15. The Morgan fingerprint density at radius 1 is 1.31 bits per heavy atom. The number of aryl methyl sites for hydroxylation is 1. The molecule has 1 atom stereocenters. The molecule has 1 aromatic rings. The standard InChI is InChI=1S/C15H19N/c1-15(2,3)13-8-7-11-5-4-6-12(10-16)14(11)9-13/h7-9,12H,4-6H2,1-3H3. The highest BCUT2D eigenvalue weighted by atomic mass is 14.3. The Morgan fingerprint density at radius 2 is 2.06 bits per heavy atom. The molecule has 0 radical (unpaired) electrons. The summed E-state index contributed by atoms with van der Waals surface area (Å²) in [5, 5.41) is 9.18. The normalized spacial score (nSPS) is 20.0. The van der Waals surface area contributed by atoms with E-state index < -0.39 is 0 Å². The Balaban J connectivity index is 2.48. The van der Waals surface area contributed by atoms with Gasteiger partial charge in [0.1, 0.15) is 0 Å². The molecule has 1 heteroatoms. The molecule has 0 spiro atoms. The third-order valence-corrected chi connectivity index (χ3v) is 3.48. The van der Waals surface area contributed by atoms with E-state index in [-0.39, 0.29) is 11.3 Å². The predicted octanol–water partition coefficient (Wildman–Crippen LogP) is 3.93. The first-order valence-electron chi connectivity index (χ1n) is 6.05. The zero-order valence-corrected chi connectivity index (χ0v) is 10.4. The average molecular weight is 213 g/mol. The molecule has 2 rings (SSSR count). The van der Waals surface area contributed by atoms with Gasteiger partial charge < -0.3 is 0 Å². The van der Waals surface area contributed by atoms with E-state index in [2.05, 4.69) is 45.0 Å². The highest BCUT2D eigenvalue weighted by Crippen LogP contribution is 2.34. The smallest absolute Gasteiger partial charge is 0.0715 e. The van der Waals surface area contributed by atoms with E-state index in [4.69, 9.17) is 0 Å². The summed E-state index contributed by atoms with van der Waals surface area (Å²) >= 11 is 0. The summed E-state index contributed by atoms with van der Waals surface area (Å²) in [6.45, 7) is 6.66.